The molecule has 2 heteroatoms. The molecule has 0 unspecified atom stereocenters. The molecular formula is C16H24N2. The zero-order valence-corrected chi connectivity index (χ0v) is 11.1. The molecule has 0 aromatic heterocycles. The van der Waals surface area contributed by atoms with Crippen LogP contribution in [0.1, 0.15) is 37.7 Å². The van der Waals surface area contributed by atoms with Gasteiger partial charge in [0, 0.05) is 19.1 Å². The molecule has 0 radical (unpaired) electrons. The summed E-state index contributed by atoms with van der Waals surface area (Å²) in [6.45, 7) is 2.01. The molecular weight excluding hydrogens is 220 g/mol. The zero-order chi connectivity index (χ0) is 12.6. The summed E-state index contributed by atoms with van der Waals surface area (Å²) >= 11 is 0. The molecule has 0 aliphatic heterocycles. The van der Waals surface area contributed by atoms with Crippen molar-refractivity contribution >= 4 is 0 Å². The quantitative estimate of drug-likeness (QED) is 0.861. The van der Waals surface area contributed by atoms with Crippen LogP contribution < -0.4 is 5.73 Å². The largest absolute Gasteiger partial charge is 0.405 e. The number of benzene rings is 1. The van der Waals surface area contributed by atoms with Crippen molar-refractivity contribution in [3.05, 3.63) is 48.2 Å². The van der Waals surface area contributed by atoms with Crippen LogP contribution in [-0.2, 0) is 6.54 Å². The number of rotatable bonds is 5. The summed E-state index contributed by atoms with van der Waals surface area (Å²) < 4.78 is 0. The Morgan fingerprint density at radius 2 is 1.83 bits per heavy atom. The average Bonchev–Trinajstić information content (AvgIpc) is 2.45. The minimum Gasteiger partial charge on any atom is -0.405 e. The maximum Gasteiger partial charge on any atom is 0.0239 e. The van der Waals surface area contributed by atoms with E-state index in [1.807, 2.05) is 0 Å². The van der Waals surface area contributed by atoms with Crippen LogP contribution in [0.2, 0.25) is 0 Å². The molecule has 1 saturated carbocycles. The van der Waals surface area contributed by atoms with Crippen LogP contribution >= 0.6 is 0 Å². The first-order chi connectivity index (χ1) is 8.90. The molecule has 1 fully saturated rings. The van der Waals surface area contributed by atoms with E-state index in [9.17, 15) is 0 Å². The fourth-order valence-electron chi connectivity index (χ4n) is 2.80. The Morgan fingerprint density at radius 1 is 1.11 bits per heavy atom. The predicted molar refractivity (Wildman–Crippen MR) is 77.1 cm³/mol. The van der Waals surface area contributed by atoms with Gasteiger partial charge in [-0.05, 0) is 24.6 Å². The van der Waals surface area contributed by atoms with E-state index in [0.717, 1.165) is 19.1 Å². The fraction of sp³-hybridized carbons (Fsp3) is 0.500. The van der Waals surface area contributed by atoms with Gasteiger partial charge in [-0.3, -0.25) is 4.90 Å². The third-order valence-electron chi connectivity index (χ3n) is 3.80. The van der Waals surface area contributed by atoms with E-state index < -0.39 is 0 Å². The lowest BCUT2D eigenvalue weighted by Crippen LogP contribution is -2.36. The van der Waals surface area contributed by atoms with Crippen LogP contribution in [0.15, 0.2) is 42.6 Å². The van der Waals surface area contributed by atoms with Gasteiger partial charge < -0.3 is 5.73 Å². The van der Waals surface area contributed by atoms with Gasteiger partial charge in [-0.2, -0.15) is 0 Å². The number of nitrogens with two attached hydrogens (primary N) is 1. The van der Waals surface area contributed by atoms with E-state index in [2.05, 4.69) is 41.3 Å². The van der Waals surface area contributed by atoms with Crippen molar-refractivity contribution in [3.8, 4) is 0 Å². The second kappa shape index (κ2) is 7.22. The van der Waals surface area contributed by atoms with E-state index in [-0.39, 0.29) is 0 Å². The van der Waals surface area contributed by atoms with E-state index in [0.29, 0.717) is 0 Å². The minimum atomic E-state index is 0.732. The maximum atomic E-state index is 5.49. The molecule has 2 rings (SSSR count). The van der Waals surface area contributed by atoms with Gasteiger partial charge in [0.15, 0.2) is 0 Å². The molecule has 2 nitrogen and oxygen atoms in total. The second-order valence-electron chi connectivity index (χ2n) is 5.14. The van der Waals surface area contributed by atoms with Crippen LogP contribution in [0.4, 0.5) is 0 Å². The molecule has 1 aromatic carbocycles. The van der Waals surface area contributed by atoms with Gasteiger partial charge in [0.1, 0.15) is 0 Å². The molecule has 2 N–H and O–H groups in total. The van der Waals surface area contributed by atoms with Crippen molar-refractivity contribution in [1.29, 1.82) is 0 Å². The van der Waals surface area contributed by atoms with Gasteiger partial charge in [0.2, 0.25) is 0 Å². The minimum absolute atomic E-state index is 0.732. The highest BCUT2D eigenvalue weighted by atomic mass is 15.1. The lowest BCUT2D eigenvalue weighted by Gasteiger charge is -2.33. The van der Waals surface area contributed by atoms with Crippen molar-refractivity contribution in [2.75, 3.05) is 6.54 Å². The van der Waals surface area contributed by atoms with Gasteiger partial charge in [0.25, 0.3) is 0 Å². The van der Waals surface area contributed by atoms with Crippen LogP contribution in [0, 0.1) is 0 Å². The zero-order valence-electron chi connectivity index (χ0n) is 11.1. The summed E-state index contributed by atoms with van der Waals surface area (Å²) in [6.07, 6.45) is 10.6. The number of nitrogens with zero attached hydrogens (tertiary/aromatic N) is 1. The summed E-state index contributed by atoms with van der Waals surface area (Å²) in [5, 5.41) is 0. The maximum absolute atomic E-state index is 5.49. The number of hydrogen-bond acceptors (Lipinski definition) is 2. The Balaban J connectivity index is 1.99. The van der Waals surface area contributed by atoms with Gasteiger partial charge in [-0.15, -0.1) is 0 Å². The summed E-state index contributed by atoms with van der Waals surface area (Å²) in [7, 11) is 0. The molecule has 0 amide bonds. The molecule has 0 atom stereocenters. The summed E-state index contributed by atoms with van der Waals surface area (Å²) in [5.74, 6) is 0. The van der Waals surface area contributed by atoms with E-state index in [1.165, 1.54) is 37.7 Å². The van der Waals surface area contributed by atoms with Crippen LogP contribution in [0.3, 0.4) is 0 Å². The van der Waals surface area contributed by atoms with Crippen molar-refractivity contribution in [2.45, 2.75) is 44.7 Å². The highest BCUT2D eigenvalue weighted by Gasteiger charge is 2.20. The fourth-order valence-corrected chi connectivity index (χ4v) is 2.80. The van der Waals surface area contributed by atoms with Crippen LogP contribution in [-0.4, -0.2) is 17.5 Å². The molecule has 18 heavy (non-hydrogen) atoms. The predicted octanol–water partition coefficient (Wildman–Crippen LogP) is 3.29. The monoisotopic (exact) mass is 244 g/mol. The Morgan fingerprint density at radius 3 is 2.50 bits per heavy atom. The first kappa shape index (κ1) is 13.2. The number of hydrogen-bond donors (Lipinski definition) is 1. The van der Waals surface area contributed by atoms with Crippen LogP contribution in [0.5, 0.6) is 0 Å². The Bertz CT molecular complexity index is 353. The van der Waals surface area contributed by atoms with E-state index >= 15 is 0 Å². The molecule has 0 spiro atoms. The van der Waals surface area contributed by atoms with Crippen molar-refractivity contribution in [2.24, 2.45) is 5.73 Å². The van der Waals surface area contributed by atoms with E-state index in [1.54, 1.807) is 6.20 Å². The molecule has 1 aliphatic carbocycles. The first-order valence-electron chi connectivity index (χ1n) is 7.05. The van der Waals surface area contributed by atoms with Gasteiger partial charge in [-0.25, -0.2) is 0 Å². The smallest absolute Gasteiger partial charge is 0.0239 e. The normalized spacial score (nSPS) is 17.6. The Hall–Kier alpha value is -1.28. The third-order valence-corrected chi connectivity index (χ3v) is 3.80. The van der Waals surface area contributed by atoms with Crippen molar-refractivity contribution in [1.82, 2.24) is 4.90 Å². The molecule has 0 saturated heterocycles. The van der Waals surface area contributed by atoms with Gasteiger partial charge >= 0.3 is 0 Å². The molecule has 98 valence electrons. The highest BCUT2D eigenvalue weighted by molar-refractivity contribution is 5.14. The topological polar surface area (TPSA) is 29.3 Å². The molecule has 1 aromatic rings. The van der Waals surface area contributed by atoms with Crippen molar-refractivity contribution in [3.63, 3.8) is 0 Å². The summed E-state index contributed by atoms with van der Waals surface area (Å²) in [5.41, 5.74) is 6.89. The van der Waals surface area contributed by atoms with Crippen molar-refractivity contribution < 1.29 is 0 Å². The Kier molecular flexibility index (Phi) is 5.28. The highest BCUT2D eigenvalue weighted by Crippen LogP contribution is 2.23. The third kappa shape index (κ3) is 3.88. The lowest BCUT2D eigenvalue weighted by molar-refractivity contribution is 0.164. The Labute approximate surface area is 110 Å². The first-order valence-corrected chi connectivity index (χ1v) is 7.05. The molecule has 0 bridgehead atoms. The lowest BCUT2D eigenvalue weighted by atomic mass is 9.94. The average molecular weight is 244 g/mol. The summed E-state index contributed by atoms with van der Waals surface area (Å²) in [4.78, 5) is 2.57. The van der Waals surface area contributed by atoms with Gasteiger partial charge in [0.05, 0.1) is 0 Å². The standard InChI is InChI=1S/C16H24N2/c17-12-7-13-18(16-10-5-2-6-11-16)14-15-8-3-1-4-9-15/h1,3-4,7-9,12,16H,2,5-6,10-11,13-14,17H2. The second-order valence-corrected chi connectivity index (χ2v) is 5.14. The molecule has 1 aliphatic rings. The van der Waals surface area contributed by atoms with Gasteiger partial charge in [-0.1, -0.05) is 55.7 Å². The van der Waals surface area contributed by atoms with E-state index in [4.69, 9.17) is 5.73 Å². The summed E-state index contributed by atoms with van der Waals surface area (Å²) in [6, 6.07) is 11.5. The van der Waals surface area contributed by atoms with Crippen LogP contribution in [0.25, 0.3) is 0 Å². The SMILES string of the molecule is NC=CCN(Cc1ccccc1)C1CCCCC1. The molecule has 0 heterocycles.